The van der Waals surface area contributed by atoms with Crippen molar-refractivity contribution < 1.29 is 9.59 Å². The lowest BCUT2D eigenvalue weighted by Crippen LogP contribution is -2.49. The molecule has 1 atom stereocenters. The van der Waals surface area contributed by atoms with Gasteiger partial charge in [0.1, 0.15) is 0 Å². The van der Waals surface area contributed by atoms with Crippen molar-refractivity contribution in [3.05, 3.63) is 53.1 Å². The molecular formula is C21H22ClN3O2S. The van der Waals surface area contributed by atoms with Crippen molar-refractivity contribution in [2.24, 2.45) is 0 Å². The van der Waals surface area contributed by atoms with Crippen molar-refractivity contribution in [2.75, 3.05) is 30.9 Å². The minimum atomic E-state index is -0.937. The van der Waals surface area contributed by atoms with Crippen LogP contribution in [-0.4, -0.2) is 42.2 Å². The molecule has 2 heterocycles. The zero-order valence-electron chi connectivity index (χ0n) is 15.9. The lowest BCUT2D eigenvalue weighted by molar-refractivity contribution is -0.121. The molecule has 0 aromatic heterocycles. The van der Waals surface area contributed by atoms with Crippen molar-refractivity contribution in [3.8, 4) is 0 Å². The number of likely N-dealkylation sites (N-methyl/N-ethyl adjacent to an activating group) is 1. The highest BCUT2D eigenvalue weighted by molar-refractivity contribution is 8.02. The Morgan fingerprint density at radius 2 is 2.00 bits per heavy atom. The van der Waals surface area contributed by atoms with Crippen LogP contribution in [0.1, 0.15) is 18.4 Å². The summed E-state index contributed by atoms with van der Waals surface area (Å²) in [6, 6.07) is 13.3. The van der Waals surface area contributed by atoms with Crippen LogP contribution in [0.25, 0.3) is 0 Å². The highest BCUT2D eigenvalue weighted by Crippen LogP contribution is 2.56. The fourth-order valence-electron chi connectivity index (χ4n) is 3.66. The number of halogens is 1. The van der Waals surface area contributed by atoms with Gasteiger partial charge >= 0.3 is 0 Å². The Kier molecular flexibility index (Phi) is 5.12. The van der Waals surface area contributed by atoms with E-state index in [2.05, 4.69) is 10.2 Å². The van der Waals surface area contributed by atoms with Gasteiger partial charge in [0, 0.05) is 28.6 Å². The molecular weight excluding hydrogens is 394 g/mol. The molecule has 4 rings (SSSR count). The quantitative estimate of drug-likeness (QED) is 0.801. The predicted octanol–water partition coefficient (Wildman–Crippen LogP) is 4.01. The van der Waals surface area contributed by atoms with E-state index in [1.165, 1.54) is 17.3 Å². The van der Waals surface area contributed by atoms with Crippen LogP contribution in [-0.2, 0) is 16.0 Å². The van der Waals surface area contributed by atoms with Crippen molar-refractivity contribution in [2.45, 2.75) is 29.0 Å². The highest BCUT2D eigenvalue weighted by Gasteiger charge is 2.57. The van der Waals surface area contributed by atoms with Crippen LogP contribution in [0.15, 0.2) is 47.4 Å². The molecule has 0 aliphatic carbocycles. The Labute approximate surface area is 174 Å². The van der Waals surface area contributed by atoms with Gasteiger partial charge in [-0.1, -0.05) is 35.5 Å². The summed E-state index contributed by atoms with van der Waals surface area (Å²) in [6.07, 6.45) is 1.80. The van der Waals surface area contributed by atoms with E-state index in [4.69, 9.17) is 11.6 Å². The fourth-order valence-corrected chi connectivity index (χ4v) is 5.22. The average molecular weight is 416 g/mol. The molecule has 2 amide bonds. The average Bonchev–Trinajstić information content (AvgIpc) is 3.17. The number of nitrogens with zero attached hydrogens (tertiary/aromatic N) is 2. The molecule has 0 saturated carbocycles. The molecule has 0 bridgehead atoms. The highest BCUT2D eigenvalue weighted by atomic mass is 35.5. The molecule has 28 heavy (non-hydrogen) atoms. The molecule has 0 radical (unpaired) electrons. The smallest absolute Gasteiger partial charge is 0.261 e. The van der Waals surface area contributed by atoms with Gasteiger partial charge in [0.05, 0.1) is 5.69 Å². The number of rotatable bonds is 5. The first-order chi connectivity index (χ1) is 13.4. The van der Waals surface area contributed by atoms with E-state index in [0.717, 1.165) is 29.2 Å². The van der Waals surface area contributed by atoms with Crippen molar-refractivity contribution in [1.82, 2.24) is 4.90 Å². The first-order valence-corrected chi connectivity index (χ1v) is 10.5. The topological polar surface area (TPSA) is 52.7 Å². The molecule has 2 aromatic rings. The summed E-state index contributed by atoms with van der Waals surface area (Å²) in [4.78, 5) is 29.5. The van der Waals surface area contributed by atoms with Gasteiger partial charge in [0.2, 0.25) is 5.91 Å². The molecule has 2 aromatic carbocycles. The number of fused-ring (bicyclic) bond motifs is 3. The number of benzene rings is 2. The maximum Gasteiger partial charge on any atom is 0.261 e. The molecule has 0 spiro atoms. The van der Waals surface area contributed by atoms with Crippen LogP contribution in [0.5, 0.6) is 0 Å². The third kappa shape index (κ3) is 3.41. The summed E-state index contributed by atoms with van der Waals surface area (Å²) < 4.78 is 0. The Morgan fingerprint density at radius 3 is 2.71 bits per heavy atom. The van der Waals surface area contributed by atoms with Gasteiger partial charge in [0.25, 0.3) is 5.91 Å². The number of carbonyl (C=O) groups is 2. The van der Waals surface area contributed by atoms with E-state index in [9.17, 15) is 9.59 Å². The van der Waals surface area contributed by atoms with Crippen LogP contribution in [0.4, 0.5) is 11.4 Å². The predicted molar refractivity (Wildman–Crippen MR) is 114 cm³/mol. The summed E-state index contributed by atoms with van der Waals surface area (Å²) in [5, 5.41) is 3.57. The molecule has 1 fully saturated rings. The third-order valence-corrected chi connectivity index (χ3v) is 6.85. The number of hydrogen-bond donors (Lipinski definition) is 1. The molecule has 2 aliphatic rings. The third-order valence-electron chi connectivity index (χ3n) is 5.14. The number of amides is 2. The first-order valence-electron chi connectivity index (χ1n) is 9.26. The van der Waals surface area contributed by atoms with Gasteiger partial charge in [-0.2, -0.15) is 0 Å². The first kappa shape index (κ1) is 19.3. The van der Waals surface area contributed by atoms with E-state index < -0.39 is 4.87 Å². The van der Waals surface area contributed by atoms with Crippen molar-refractivity contribution in [3.63, 3.8) is 0 Å². The summed E-state index contributed by atoms with van der Waals surface area (Å²) in [5.74, 6) is -0.209. The molecule has 146 valence electrons. The summed E-state index contributed by atoms with van der Waals surface area (Å²) in [7, 11) is 4.10. The number of nitrogens with one attached hydrogen (secondary N) is 1. The summed E-state index contributed by atoms with van der Waals surface area (Å²) >= 11 is 7.56. The summed E-state index contributed by atoms with van der Waals surface area (Å²) in [6.45, 7) is 0.976. The molecule has 1 N–H and O–H groups in total. The van der Waals surface area contributed by atoms with Gasteiger partial charge < -0.3 is 10.2 Å². The standard InChI is InChI=1S/C21H22ClN3O2S/c1-24(2)12-10-14-3-6-16(7-4-14)23-20(27)21-11-9-19(26)25(21)17-13-15(22)5-8-18(17)28-21/h3-8,13H,9-12H2,1-2H3,(H,23,27). The maximum absolute atomic E-state index is 13.3. The minimum absolute atomic E-state index is 0.0392. The van der Waals surface area contributed by atoms with Crippen LogP contribution in [0.3, 0.4) is 0 Å². The van der Waals surface area contributed by atoms with Gasteiger partial charge in [-0.05, 0) is 62.8 Å². The zero-order valence-corrected chi connectivity index (χ0v) is 17.4. The number of carbonyl (C=O) groups excluding carboxylic acids is 2. The SMILES string of the molecule is CN(C)CCc1ccc(NC(=O)C23CCC(=O)N2c2cc(Cl)ccc2S3)cc1. The monoisotopic (exact) mass is 415 g/mol. The largest absolute Gasteiger partial charge is 0.323 e. The van der Waals surface area contributed by atoms with Gasteiger partial charge in [-0.25, -0.2) is 0 Å². The van der Waals surface area contributed by atoms with Crippen LogP contribution < -0.4 is 10.2 Å². The second kappa shape index (κ2) is 7.43. The van der Waals surface area contributed by atoms with E-state index in [0.29, 0.717) is 17.9 Å². The van der Waals surface area contributed by atoms with E-state index >= 15 is 0 Å². The number of thioether (sulfide) groups is 1. The lowest BCUT2D eigenvalue weighted by atomic mass is 10.1. The number of anilines is 2. The minimum Gasteiger partial charge on any atom is -0.323 e. The molecule has 1 unspecified atom stereocenters. The van der Waals surface area contributed by atoms with Crippen LogP contribution in [0, 0.1) is 0 Å². The van der Waals surface area contributed by atoms with Gasteiger partial charge in [0.15, 0.2) is 4.87 Å². The second-order valence-corrected chi connectivity index (χ2v) is 9.19. The Balaban J connectivity index is 1.54. The normalized spacial score (nSPS) is 20.4. The molecule has 2 aliphatic heterocycles. The van der Waals surface area contributed by atoms with Crippen LogP contribution >= 0.6 is 23.4 Å². The van der Waals surface area contributed by atoms with Gasteiger partial charge in [-0.3, -0.25) is 14.5 Å². The van der Waals surface area contributed by atoms with E-state index in [1.54, 1.807) is 17.0 Å². The summed E-state index contributed by atoms with van der Waals surface area (Å²) in [5.41, 5.74) is 2.69. The Morgan fingerprint density at radius 1 is 1.25 bits per heavy atom. The van der Waals surface area contributed by atoms with Gasteiger partial charge in [-0.15, -0.1) is 0 Å². The molecule has 7 heteroatoms. The molecule has 1 saturated heterocycles. The number of hydrogen-bond acceptors (Lipinski definition) is 4. The van der Waals surface area contributed by atoms with Crippen molar-refractivity contribution in [1.29, 1.82) is 0 Å². The van der Waals surface area contributed by atoms with Crippen molar-refractivity contribution >= 4 is 46.6 Å². The maximum atomic E-state index is 13.3. The lowest BCUT2D eigenvalue weighted by Gasteiger charge is -2.29. The van der Waals surface area contributed by atoms with E-state index in [1.807, 2.05) is 44.4 Å². The van der Waals surface area contributed by atoms with Crippen LogP contribution in [0.2, 0.25) is 5.02 Å². The second-order valence-electron chi connectivity index (χ2n) is 7.43. The molecule has 5 nitrogen and oxygen atoms in total. The van der Waals surface area contributed by atoms with E-state index in [-0.39, 0.29) is 11.8 Å². The fraction of sp³-hybridized carbons (Fsp3) is 0.333. The zero-order chi connectivity index (χ0) is 19.9. The Hall–Kier alpha value is -2.02. The Bertz CT molecular complexity index is 932.